The molecule has 0 amide bonds. The Morgan fingerprint density at radius 1 is 0.860 bits per heavy atom. The van der Waals surface area contributed by atoms with Gasteiger partial charge in [0.2, 0.25) is 11.5 Å². The van der Waals surface area contributed by atoms with Gasteiger partial charge in [0.25, 0.3) is 0 Å². The van der Waals surface area contributed by atoms with Crippen LogP contribution in [0.2, 0.25) is 0 Å². The molecule has 4 rings (SSSR count). The van der Waals surface area contributed by atoms with Gasteiger partial charge in [0.1, 0.15) is 12.6 Å². The number of ether oxygens (including phenoxy) is 7. The zero-order valence-corrected chi connectivity index (χ0v) is 26.7. The topological polar surface area (TPSA) is 119 Å². The summed E-state index contributed by atoms with van der Waals surface area (Å²) in [6.07, 6.45) is 1.87. The molecular weight excluding hydrogens is 605 g/mol. The van der Waals surface area contributed by atoms with Crippen LogP contribution in [0.25, 0.3) is 0 Å². The lowest BCUT2D eigenvalue weighted by Gasteiger charge is -2.52. The van der Waals surface area contributed by atoms with Crippen LogP contribution in [0.5, 0.6) is 34.5 Å². The standard InChI is InChI=1S/C30H37Cl2NO10/c1-37-20-13-16-8-10-33(9-7-11-43-30(36)24(32)23(31)29(34)35)15-18-17(14-21(38-2)26(40-4)25(18)39-3)12-19(33)22(16)28(42-6)27(20)41-5/h13-14,19,23-24H,7-12,15H2,1-6H3/p+1/t19-,23?,24?,33?/m1/s1. The van der Waals surface area contributed by atoms with Gasteiger partial charge in [0, 0.05) is 19.3 Å². The maximum atomic E-state index is 12.4. The molecule has 43 heavy (non-hydrogen) atoms. The number of halogens is 2. The molecule has 0 radical (unpaired) electrons. The van der Waals surface area contributed by atoms with E-state index in [2.05, 4.69) is 0 Å². The van der Waals surface area contributed by atoms with Crippen LogP contribution in [0.15, 0.2) is 12.1 Å². The molecule has 2 aliphatic heterocycles. The number of quaternary nitrogens is 1. The van der Waals surface area contributed by atoms with Crippen LogP contribution in [0.1, 0.15) is 34.7 Å². The number of carboxylic acid groups (broad SMARTS) is 1. The van der Waals surface area contributed by atoms with Gasteiger partial charge in [-0.25, -0.2) is 0 Å². The Bertz CT molecular complexity index is 1370. The van der Waals surface area contributed by atoms with Crippen molar-refractivity contribution < 1.29 is 52.3 Å². The molecule has 4 atom stereocenters. The minimum absolute atomic E-state index is 0.0455. The Balaban J connectivity index is 1.76. The number of nitrogens with zero attached hydrogens (tertiary/aromatic N) is 1. The first-order valence-electron chi connectivity index (χ1n) is 13.8. The van der Waals surface area contributed by atoms with Crippen molar-refractivity contribution in [2.45, 2.75) is 42.6 Å². The minimum atomic E-state index is -1.59. The van der Waals surface area contributed by atoms with Crippen molar-refractivity contribution >= 4 is 35.1 Å². The predicted molar refractivity (Wildman–Crippen MR) is 159 cm³/mol. The zero-order chi connectivity index (χ0) is 31.5. The van der Waals surface area contributed by atoms with Crippen molar-refractivity contribution in [1.29, 1.82) is 0 Å². The largest absolute Gasteiger partial charge is 0.493 e. The second-order valence-corrected chi connectivity index (χ2v) is 11.4. The number of methoxy groups -OCH3 is 6. The zero-order valence-electron chi connectivity index (χ0n) is 25.2. The third-order valence-electron chi connectivity index (χ3n) is 8.40. The number of hydrogen-bond donors (Lipinski definition) is 1. The van der Waals surface area contributed by atoms with Gasteiger partial charge in [0.15, 0.2) is 33.8 Å². The van der Waals surface area contributed by atoms with Gasteiger partial charge < -0.3 is 42.7 Å². The molecule has 1 N–H and O–H groups in total. The molecule has 0 aromatic heterocycles. The molecule has 2 aromatic carbocycles. The summed E-state index contributed by atoms with van der Waals surface area (Å²) in [4.78, 5) is 23.5. The van der Waals surface area contributed by atoms with Gasteiger partial charge in [0.05, 0.1) is 73.5 Å². The average molecular weight is 644 g/mol. The van der Waals surface area contributed by atoms with Crippen LogP contribution in [0.3, 0.4) is 0 Å². The van der Waals surface area contributed by atoms with E-state index in [0.717, 1.165) is 35.2 Å². The summed E-state index contributed by atoms with van der Waals surface area (Å²) in [5.41, 5.74) is 4.23. The molecule has 2 aliphatic rings. The number of rotatable bonds is 13. The first kappa shape index (κ1) is 32.6. The molecule has 2 heterocycles. The maximum Gasteiger partial charge on any atom is 0.326 e. The number of benzene rings is 2. The van der Waals surface area contributed by atoms with E-state index in [1.807, 2.05) is 12.1 Å². The normalized spacial score (nSPS) is 20.0. The third kappa shape index (κ3) is 5.94. The van der Waals surface area contributed by atoms with Crippen LogP contribution in [-0.4, -0.2) is 94.6 Å². The third-order valence-corrected chi connectivity index (χ3v) is 9.39. The molecule has 3 unspecified atom stereocenters. The summed E-state index contributed by atoms with van der Waals surface area (Å²) in [5.74, 6) is 1.22. The van der Waals surface area contributed by atoms with Crippen LogP contribution in [0, 0.1) is 0 Å². The SMILES string of the molecule is COc1cc2c(c(OC)c1OC)C[N+]1(CCCOC(=O)C(Cl)C(Cl)C(=O)O)CCc3cc(OC)c(OC)c(OC)c3[C@H]1C2. The van der Waals surface area contributed by atoms with Crippen molar-refractivity contribution in [2.75, 3.05) is 62.4 Å². The summed E-state index contributed by atoms with van der Waals surface area (Å²) in [6, 6.07) is 3.96. The van der Waals surface area contributed by atoms with E-state index >= 15 is 0 Å². The smallest absolute Gasteiger partial charge is 0.326 e. The van der Waals surface area contributed by atoms with E-state index in [0.29, 0.717) is 64.9 Å². The van der Waals surface area contributed by atoms with E-state index in [-0.39, 0.29) is 12.6 Å². The molecule has 0 bridgehead atoms. The molecule has 2 aromatic rings. The number of aliphatic carboxylic acids is 1. The second-order valence-electron chi connectivity index (χ2n) is 10.5. The number of esters is 1. The van der Waals surface area contributed by atoms with Gasteiger partial charge in [-0.3, -0.25) is 9.59 Å². The van der Waals surface area contributed by atoms with Gasteiger partial charge in [-0.05, 0) is 23.3 Å². The molecule has 0 saturated heterocycles. The van der Waals surface area contributed by atoms with E-state index in [1.165, 1.54) is 0 Å². The van der Waals surface area contributed by atoms with Crippen molar-refractivity contribution in [3.05, 3.63) is 34.4 Å². The first-order valence-corrected chi connectivity index (χ1v) is 14.6. The lowest BCUT2D eigenvalue weighted by atomic mass is 9.80. The van der Waals surface area contributed by atoms with Gasteiger partial charge in [-0.2, -0.15) is 0 Å². The fraction of sp³-hybridized carbons (Fsp3) is 0.533. The Hall–Kier alpha value is -3.28. The molecule has 13 heteroatoms. The minimum Gasteiger partial charge on any atom is -0.493 e. The highest BCUT2D eigenvalue weighted by atomic mass is 35.5. The van der Waals surface area contributed by atoms with E-state index in [9.17, 15) is 9.59 Å². The fourth-order valence-corrected chi connectivity index (χ4v) is 6.70. The van der Waals surface area contributed by atoms with Gasteiger partial charge >= 0.3 is 11.9 Å². The lowest BCUT2D eigenvalue weighted by Crippen LogP contribution is -2.57. The molecule has 0 fully saturated rings. The summed E-state index contributed by atoms with van der Waals surface area (Å²) in [6.45, 7) is 2.06. The van der Waals surface area contributed by atoms with E-state index < -0.39 is 22.7 Å². The number of hydrogen-bond acceptors (Lipinski definition) is 9. The highest BCUT2D eigenvalue weighted by molar-refractivity contribution is 6.41. The fourth-order valence-electron chi connectivity index (χ4n) is 6.43. The monoisotopic (exact) mass is 642 g/mol. The number of carbonyl (C=O) groups is 2. The van der Waals surface area contributed by atoms with Crippen LogP contribution >= 0.6 is 23.2 Å². The quantitative estimate of drug-likeness (QED) is 0.148. The first-order chi connectivity index (χ1) is 20.6. The molecule has 0 aliphatic carbocycles. The molecule has 0 spiro atoms. The van der Waals surface area contributed by atoms with Crippen molar-refractivity contribution in [3.8, 4) is 34.5 Å². The van der Waals surface area contributed by atoms with Crippen LogP contribution in [-0.2, 0) is 33.7 Å². The molecular formula is C30H38Cl2NO10+. The molecule has 236 valence electrons. The summed E-state index contributed by atoms with van der Waals surface area (Å²) in [7, 11) is 9.60. The number of alkyl halides is 2. The Kier molecular flexibility index (Phi) is 10.3. The van der Waals surface area contributed by atoms with Gasteiger partial charge in [-0.15, -0.1) is 23.2 Å². The van der Waals surface area contributed by atoms with Crippen molar-refractivity contribution in [2.24, 2.45) is 0 Å². The maximum absolute atomic E-state index is 12.4. The summed E-state index contributed by atoms with van der Waals surface area (Å²) < 4.78 is 40.6. The van der Waals surface area contributed by atoms with Crippen molar-refractivity contribution in [1.82, 2.24) is 0 Å². The average Bonchev–Trinajstić information content (AvgIpc) is 3.02. The summed E-state index contributed by atoms with van der Waals surface area (Å²) in [5, 5.41) is 5.99. The highest BCUT2D eigenvalue weighted by Crippen LogP contribution is 2.55. The molecule has 11 nitrogen and oxygen atoms in total. The predicted octanol–water partition coefficient (Wildman–Crippen LogP) is 4.14. The van der Waals surface area contributed by atoms with Crippen LogP contribution < -0.4 is 28.4 Å². The number of carboxylic acids is 1. The lowest BCUT2D eigenvalue weighted by molar-refractivity contribution is -0.973. The number of fused-ring (bicyclic) bond motifs is 4. The summed E-state index contributed by atoms with van der Waals surface area (Å²) >= 11 is 11.7. The van der Waals surface area contributed by atoms with Crippen molar-refractivity contribution in [3.63, 3.8) is 0 Å². The van der Waals surface area contributed by atoms with Gasteiger partial charge in [-0.1, -0.05) is 0 Å². The highest BCUT2D eigenvalue weighted by Gasteiger charge is 2.49. The number of carbonyl (C=O) groups excluding carboxylic acids is 1. The molecule has 0 saturated carbocycles. The van der Waals surface area contributed by atoms with E-state index in [4.69, 9.17) is 61.5 Å². The Labute approximate surface area is 261 Å². The van der Waals surface area contributed by atoms with E-state index in [1.54, 1.807) is 42.7 Å². The Morgan fingerprint density at radius 3 is 2.00 bits per heavy atom. The Morgan fingerprint density at radius 2 is 1.44 bits per heavy atom. The second kappa shape index (κ2) is 13.6. The van der Waals surface area contributed by atoms with Crippen LogP contribution in [0.4, 0.5) is 0 Å².